The normalized spacial score (nSPS) is 12.8. The molecule has 0 saturated carbocycles. The van der Waals surface area contributed by atoms with Crippen molar-refractivity contribution in [2.45, 2.75) is 13.0 Å². The van der Waals surface area contributed by atoms with Crippen molar-refractivity contribution in [3.8, 4) is 0 Å². The number of hydrogen-bond donors (Lipinski definition) is 1. The second-order valence-electron chi connectivity index (χ2n) is 3.35. The van der Waals surface area contributed by atoms with Gasteiger partial charge in [-0.2, -0.15) is 0 Å². The maximum Gasteiger partial charge on any atom is 0.132 e. The lowest BCUT2D eigenvalue weighted by molar-refractivity contribution is 0.164. The molecule has 1 aromatic rings. The molecule has 0 aliphatic heterocycles. The summed E-state index contributed by atoms with van der Waals surface area (Å²) >= 11 is 3.04. The molecule has 1 N–H and O–H groups in total. The van der Waals surface area contributed by atoms with Gasteiger partial charge in [-0.3, -0.25) is 0 Å². The Hall–Kier alpha value is -0.520. The van der Waals surface area contributed by atoms with Crippen LogP contribution in [-0.2, 0) is 4.74 Å². The van der Waals surface area contributed by atoms with Gasteiger partial charge < -0.3 is 10.1 Å². The summed E-state index contributed by atoms with van der Waals surface area (Å²) in [6.07, 6.45) is 0. The van der Waals surface area contributed by atoms with E-state index in [9.17, 15) is 8.78 Å². The lowest BCUT2D eigenvalue weighted by Crippen LogP contribution is -2.26. The zero-order valence-corrected chi connectivity index (χ0v) is 10.8. The van der Waals surface area contributed by atoms with E-state index in [4.69, 9.17) is 4.74 Å². The molecule has 0 saturated heterocycles. The van der Waals surface area contributed by atoms with Crippen LogP contribution in [0.5, 0.6) is 0 Å². The van der Waals surface area contributed by atoms with Gasteiger partial charge >= 0.3 is 0 Å². The van der Waals surface area contributed by atoms with Crippen molar-refractivity contribution in [1.29, 1.82) is 0 Å². The highest BCUT2D eigenvalue weighted by molar-refractivity contribution is 9.10. The number of likely N-dealkylation sites (N-methyl/N-ethyl adjacent to an activating group) is 1. The highest BCUT2D eigenvalue weighted by Crippen LogP contribution is 2.25. The highest BCUT2D eigenvalue weighted by Gasteiger charge is 2.20. The van der Waals surface area contributed by atoms with E-state index in [1.807, 2.05) is 6.92 Å². The number of methoxy groups -OCH3 is 1. The first-order valence-electron chi connectivity index (χ1n) is 4.96. The van der Waals surface area contributed by atoms with E-state index in [0.29, 0.717) is 11.0 Å². The van der Waals surface area contributed by atoms with Crippen LogP contribution < -0.4 is 5.32 Å². The molecule has 0 amide bonds. The van der Waals surface area contributed by atoms with Crippen LogP contribution in [0.1, 0.15) is 18.5 Å². The van der Waals surface area contributed by atoms with Gasteiger partial charge in [-0.1, -0.05) is 22.9 Å². The molecule has 0 aromatic heterocycles. The second kappa shape index (κ2) is 6.27. The molecule has 0 aliphatic rings. The Morgan fingerprint density at radius 1 is 1.38 bits per heavy atom. The van der Waals surface area contributed by atoms with E-state index in [0.717, 1.165) is 0 Å². The van der Waals surface area contributed by atoms with Gasteiger partial charge in [0.2, 0.25) is 0 Å². The predicted octanol–water partition coefficient (Wildman–Crippen LogP) is 3.02. The van der Waals surface area contributed by atoms with Gasteiger partial charge in [-0.15, -0.1) is 0 Å². The summed E-state index contributed by atoms with van der Waals surface area (Å²) in [5.41, 5.74) is 0.0203. The fraction of sp³-hybridized carbons (Fsp3) is 0.455. The van der Waals surface area contributed by atoms with Crippen LogP contribution in [0.2, 0.25) is 0 Å². The minimum atomic E-state index is -0.574. The third-order valence-corrected chi connectivity index (χ3v) is 2.63. The zero-order chi connectivity index (χ0) is 12.1. The van der Waals surface area contributed by atoms with Crippen molar-refractivity contribution in [3.63, 3.8) is 0 Å². The lowest BCUT2D eigenvalue weighted by Gasteiger charge is -2.18. The molecule has 0 aliphatic carbocycles. The van der Waals surface area contributed by atoms with Crippen molar-refractivity contribution in [1.82, 2.24) is 5.32 Å². The standard InChI is InChI=1S/C11H14BrF2NO/c1-3-15-10(6-16-2)11-8(13)4-7(12)5-9(11)14/h4-5,10,15H,3,6H2,1-2H3. The Balaban J connectivity index is 3.07. The first-order chi connectivity index (χ1) is 7.60. The number of ether oxygens (including phenoxy) is 1. The van der Waals surface area contributed by atoms with Gasteiger partial charge in [-0.25, -0.2) is 8.78 Å². The molecule has 0 heterocycles. The average Bonchev–Trinajstić information content (AvgIpc) is 2.16. The van der Waals surface area contributed by atoms with Gasteiger partial charge in [-0.05, 0) is 18.7 Å². The molecule has 1 rings (SSSR count). The molecule has 0 fully saturated rings. The molecular weight excluding hydrogens is 280 g/mol. The molecule has 1 unspecified atom stereocenters. The predicted molar refractivity (Wildman–Crippen MR) is 62.4 cm³/mol. The van der Waals surface area contributed by atoms with Gasteiger partial charge in [0.1, 0.15) is 11.6 Å². The number of benzene rings is 1. The average molecular weight is 294 g/mol. The first kappa shape index (κ1) is 13.5. The molecule has 1 aromatic carbocycles. The molecule has 90 valence electrons. The van der Waals surface area contributed by atoms with Crippen LogP contribution in [0.4, 0.5) is 8.78 Å². The van der Waals surface area contributed by atoms with Crippen LogP contribution in [0.3, 0.4) is 0 Å². The molecular formula is C11H14BrF2NO. The van der Waals surface area contributed by atoms with E-state index < -0.39 is 17.7 Å². The number of halogens is 3. The van der Waals surface area contributed by atoms with Crippen LogP contribution in [0.25, 0.3) is 0 Å². The largest absolute Gasteiger partial charge is 0.383 e. The Bertz CT molecular complexity index is 331. The van der Waals surface area contributed by atoms with Crippen LogP contribution in [0.15, 0.2) is 16.6 Å². The van der Waals surface area contributed by atoms with Crippen LogP contribution in [0, 0.1) is 11.6 Å². The second-order valence-corrected chi connectivity index (χ2v) is 4.26. The lowest BCUT2D eigenvalue weighted by atomic mass is 10.1. The van der Waals surface area contributed by atoms with Gasteiger partial charge in [0.15, 0.2) is 0 Å². The Morgan fingerprint density at radius 3 is 2.38 bits per heavy atom. The van der Waals surface area contributed by atoms with Crippen molar-refractivity contribution in [2.75, 3.05) is 20.3 Å². The molecule has 0 bridgehead atoms. The summed E-state index contributed by atoms with van der Waals surface area (Å²) < 4.78 is 32.6. The zero-order valence-electron chi connectivity index (χ0n) is 9.19. The Morgan fingerprint density at radius 2 is 1.94 bits per heavy atom. The molecule has 1 atom stereocenters. The van der Waals surface area contributed by atoms with Crippen molar-refractivity contribution >= 4 is 15.9 Å². The van der Waals surface area contributed by atoms with Crippen molar-refractivity contribution < 1.29 is 13.5 Å². The van der Waals surface area contributed by atoms with Gasteiger partial charge in [0, 0.05) is 17.1 Å². The van der Waals surface area contributed by atoms with Gasteiger partial charge in [0.25, 0.3) is 0 Å². The maximum absolute atomic E-state index is 13.6. The minimum absolute atomic E-state index is 0.0203. The van der Waals surface area contributed by atoms with Crippen LogP contribution >= 0.6 is 15.9 Å². The van der Waals surface area contributed by atoms with Gasteiger partial charge in [0.05, 0.1) is 12.6 Å². The first-order valence-corrected chi connectivity index (χ1v) is 5.76. The summed E-state index contributed by atoms with van der Waals surface area (Å²) in [5, 5.41) is 2.98. The summed E-state index contributed by atoms with van der Waals surface area (Å²) in [4.78, 5) is 0. The molecule has 0 spiro atoms. The summed E-state index contributed by atoms with van der Waals surface area (Å²) in [5.74, 6) is -1.15. The number of rotatable bonds is 5. The summed E-state index contributed by atoms with van der Waals surface area (Å²) in [7, 11) is 1.50. The van der Waals surface area contributed by atoms with E-state index in [2.05, 4.69) is 21.2 Å². The number of nitrogens with one attached hydrogen (secondary N) is 1. The quantitative estimate of drug-likeness (QED) is 0.901. The Labute approximate surface area is 102 Å². The third kappa shape index (κ3) is 3.23. The minimum Gasteiger partial charge on any atom is -0.383 e. The summed E-state index contributed by atoms with van der Waals surface area (Å²) in [6, 6.07) is 2.03. The number of hydrogen-bond acceptors (Lipinski definition) is 2. The highest BCUT2D eigenvalue weighted by atomic mass is 79.9. The van der Waals surface area contributed by atoms with Crippen LogP contribution in [-0.4, -0.2) is 20.3 Å². The fourth-order valence-corrected chi connectivity index (χ4v) is 1.95. The smallest absolute Gasteiger partial charge is 0.132 e. The van der Waals surface area contributed by atoms with E-state index in [-0.39, 0.29) is 12.2 Å². The third-order valence-electron chi connectivity index (χ3n) is 2.18. The Kier molecular flexibility index (Phi) is 5.31. The topological polar surface area (TPSA) is 21.3 Å². The molecule has 0 radical (unpaired) electrons. The molecule has 16 heavy (non-hydrogen) atoms. The van der Waals surface area contributed by atoms with E-state index in [1.165, 1.54) is 19.2 Å². The SMILES string of the molecule is CCNC(COC)c1c(F)cc(Br)cc1F. The van der Waals surface area contributed by atoms with Crippen molar-refractivity contribution in [3.05, 3.63) is 33.8 Å². The van der Waals surface area contributed by atoms with Crippen molar-refractivity contribution in [2.24, 2.45) is 0 Å². The summed E-state index contributed by atoms with van der Waals surface area (Å²) in [6.45, 7) is 2.71. The van der Waals surface area contributed by atoms with E-state index in [1.54, 1.807) is 0 Å². The molecule has 2 nitrogen and oxygen atoms in total. The van der Waals surface area contributed by atoms with E-state index >= 15 is 0 Å². The fourth-order valence-electron chi connectivity index (χ4n) is 1.54. The molecule has 5 heteroatoms. The monoisotopic (exact) mass is 293 g/mol. The maximum atomic E-state index is 13.6.